The molecule has 1 aliphatic rings. The molecule has 1 aromatic carbocycles. The van der Waals surface area contributed by atoms with Gasteiger partial charge < -0.3 is 10.2 Å². The van der Waals surface area contributed by atoms with E-state index in [2.05, 4.69) is 34.3 Å². The monoisotopic (exact) mass is 329 g/mol. The fourth-order valence-corrected chi connectivity index (χ4v) is 3.44. The van der Waals surface area contributed by atoms with Crippen molar-refractivity contribution in [3.05, 3.63) is 40.8 Å². The van der Waals surface area contributed by atoms with E-state index in [9.17, 15) is 4.79 Å². The van der Waals surface area contributed by atoms with Gasteiger partial charge in [0.2, 0.25) is 5.91 Å². The lowest BCUT2D eigenvalue weighted by Crippen LogP contribution is -2.32. The van der Waals surface area contributed by atoms with E-state index in [-0.39, 0.29) is 5.91 Å². The first kappa shape index (κ1) is 16.0. The number of hydrogen-bond acceptors (Lipinski definition) is 4. The van der Waals surface area contributed by atoms with Gasteiger partial charge in [-0.15, -0.1) is 11.3 Å². The average molecular weight is 329 g/mol. The van der Waals surface area contributed by atoms with Gasteiger partial charge in [-0.1, -0.05) is 6.92 Å². The van der Waals surface area contributed by atoms with Crippen LogP contribution in [-0.4, -0.2) is 24.0 Å². The summed E-state index contributed by atoms with van der Waals surface area (Å²) in [6.45, 7) is 4.57. The van der Waals surface area contributed by atoms with Crippen LogP contribution in [0.1, 0.15) is 31.9 Å². The van der Waals surface area contributed by atoms with Gasteiger partial charge >= 0.3 is 0 Å². The van der Waals surface area contributed by atoms with E-state index in [4.69, 9.17) is 0 Å². The number of carbonyl (C=O) groups excluding carboxylic acids is 1. The minimum atomic E-state index is 0.0394. The van der Waals surface area contributed by atoms with E-state index in [1.807, 2.05) is 17.5 Å². The Bertz CT molecular complexity index is 616. The molecule has 5 heteroatoms. The highest BCUT2D eigenvalue weighted by Crippen LogP contribution is 2.24. The van der Waals surface area contributed by atoms with Crippen molar-refractivity contribution in [1.29, 1.82) is 0 Å². The van der Waals surface area contributed by atoms with E-state index in [1.54, 1.807) is 16.8 Å². The number of amides is 1. The number of thiazole rings is 1. The summed E-state index contributed by atoms with van der Waals surface area (Å²) in [5, 5.41) is 4.95. The van der Waals surface area contributed by atoms with Gasteiger partial charge in [-0.05, 0) is 49.4 Å². The highest BCUT2D eigenvalue weighted by Gasteiger charge is 2.15. The number of aromatic nitrogens is 1. The fraction of sp³-hybridized carbons (Fsp3) is 0.444. The first-order chi connectivity index (χ1) is 11.2. The number of piperidine rings is 1. The van der Waals surface area contributed by atoms with Crippen LogP contribution in [0, 0.1) is 5.92 Å². The summed E-state index contributed by atoms with van der Waals surface area (Å²) in [6.07, 6.45) is 3.68. The van der Waals surface area contributed by atoms with Gasteiger partial charge in [0.15, 0.2) is 0 Å². The second-order valence-corrected chi connectivity index (χ2v) is 6.96. The van der Waals surface area contributed by atoms with Gasteiger partial charge in [-0.3, -0.25) is 4.79 Å². The third-order valence-electron chi connectivity index (χ3n) is 4.39. The lowest BCUT2D eigenvalue weighted by atomic mass is 9.99. The summed E-state index contributed by atoms with van der Waals surface area (Å²) in [6, 6.07) is 8.19. The summed E-state index contributed by atoms with van der Waals surface area (Å²) in [4.78, 5) is 18.6. The van der Waals surface area contributed by atoms with Crippen LogP contribution in [0.5, 0.6) is 0 Å². The molecule has 1 aliphatic heterocycles. The van der Waals surface area contributed by atoms with Crippen molar-refractivity contribution in [1.82, 2.24) is 4.98 Å². The highest BCUT2D eigenvalue weighted by molar-refractivity contribution is 7.07. The quantitative estimate of drug-likeness (QED) is 0.903. The lowest BCUT2D eigenvalue weighted by Gasteiger charge is -2.32. The van der Waals surface area contributed by atoms with Crippen LogP contribution < -0.4 is 10.2 Å². The van der Waals surface area contributed by atoms with Gasteiger partial charge in [0.25, 0.3) is 0 Å². The van der Waals surface area contributed by atoms with Gasteiger partial charge in [0.1, 0.15) is 0 Å². The maximum absolute atomic E-state index is 12.0. The minimum Gasteiger partial charge on any atom is -0.372 e. The standard InChI is InChI=1S/C18H23N3OS/c1-14-8-10-21(11-9-14)17-5-2-15(3-6-17)20-18(22)7-4-16-12-23-13-19-16/h2-3,5-6,12-14H,4,7-11H2,1H3,(H,20,22). The van der Waals surface area contributed by atoms with Gasteiger partial charge in [-0.25, -0.2) is 4.98 Å². The largest absolute Gasteiger partial charge is 0.372 e. The van der Waals surface area contributed by atoms with E-state index in [1.165, 1.54) is 18.5 Å². The van der Waals surface area contributed by atoms with E-state index >= 15 is 0 Å². The molecule has 4 nitrogen and oxygen atoms in total. The summed E-state index contributed by atoms with van der Waals surface area (Å²) >= 11 is 1.56. The molecule has 0 spiro atoms. The van der Waals surface area contributed by atoms with Crippen LogP contribution in [-0.2, 0) is 11.2 Å². The smallest absolute Gasteiger partial charge is 0.224 e. The van der Waals surface area contributed by atoms with Crippen LogP contribution in [0.15, 0.2) is 35.2 Å². The number of aryl methyl sites for hydroxylation is 1. The van der Waals surface area contributed by atoms with Crippen molar-refractivity contribution >= 4 is 28.6 Å². The van der Waals surface area contributed by atoms with Crippen LogP contribution in [0.25, 0.3) is 0 Å². The van der Waals surface area contributed by atoms with Crippen molar-refractivity contribution in [2.45, 2.75) is 32.6 Å². The second kappa shape index (κ2) is 7.59. The minimum absolute atomic E-state index is 0.0394. The van der Waals surface area contributed by atoms with Crippen LogP contribution >= 0.6 is 11.3 Å². The molecule has 122 valence electrons. The molecule has 3 rings (SSSR count). The molecule has 0 radical (unpaired) electrons. The zero-order valence-electron chi connectivity index (χ0n) is 13.5. The topological polar surface area (TPSA) is 45.2 Å². The summed E-state index contributed by atoms with van der Waals surface area (Å²) in [7, 11) is 0. The number of carbonyl (C=O) groups is 1. The Morgan fingerprint density at radius 3 is 2.70 bits per heavy atom. The first-order valence-corrected chi connectivity index (χ1v) is 9.17. The second-order valence-electron chi connectivity index (χ2n) is 6.24. The van der Waals surface area contributed by atoms with Crippen LogP contribution in [0.3, 0.4) is 0 Å². The predicted molar refractivity (Wildman–Crippen MR) is 96.1 cm³/mol. The SMILES string of the molecule is CC1CCN(c2ccc(NC(=O)CCc3cscn3)cc2)CC1. The summed E-state index contributed by atoms with van der Waals surface area (Å²) in [5.74, 6) is 0.875. The molecule has 2 aromatic rings. The molecule has 0 bridgehead atoms. The Morgan fingerprint density at radius 1 is 1.30 bits per heavy atom. The molecule has 1 amide bonds. The molecule has 0 unspecified atom stereocenters. The molecule has 1 aromatic heterocycles. The van der Waals surface area contributed by atoms with E-state index in [0.29, 0.717) is 12.8 Å². The Kier molecular flexibility index (Phi) is 5.28. The maximum Gasteiger partial charge on any atom is 0.224 e. The van der Waals surface area contributed by atoms with E-state index < -0.39 is 0 Å². The average Bonchev–Trinajstić information content (AvgIpc) is 3.08. The third-order valence-corrected chi connectivity index (χ3v) is 5.03. The number of rotatable bonds is 5. The molecule has 1 saturated heterocycles. The Hall–Kier alpha value is -1.88. The van der Waals surface area contributed by atoms with Crippen molar-refractivity contribution < 1.29 is 4.79 Å². The first-order valence-electron chi connectivity index (χ1n) is 8.22. The van der Waals surface area contributed by atoms with Crippen molar-refractivity contribution in [2.75, 3.05) is 23.3 Å². The van der Waals surface area contributed by atoms with Crippen LogP contribution in [0.4, 0.5) is 11.4 Å². The fourth-order valence-electron chi connectivity index (χ4n) is 2.85. The molecular weight excluding hydrogens is 306 g/mol. The molecule has 0 aliphatic carbocycles. The van der Waals surface area contributed by atoms with Gasteiger partial charge in [0.05, 0.1) is 11.2 Å². The van der Waals surface area contributed by atoms with Gasteiger partial charge in [0, 0.05) is 36.3 Å². The molecule has 23 heavy (non-hydrogen) atoms. The molecule has 2 heterocycles. The van der Waals surface area contributed by atoms with E-state index in [0.717, 1.165) is 30.4 Å². The normalized spacial score (nSPS) is 15.6. The molecule has 1 N–H and O–H groups in total. The maximum atomic E-state index is 12.0. The molecular formula is C18H23N3OS. The molecule has 0 saturated carbocycles. The number of nitrogens with zero attached hydrogens (tertiary/aromatic N) is 2. The molecule has 0 atom stereocenters. The zero-order chi connectivity index (χ0) is 16.1. The highest BCUT2D eigenvalue weighted by atomic mass is 32.1. The van der Waals surface area contributed by atoms with Crippen molar-refractivity contribution in [3.63, 3.8) is 0 Å². The number of nitrogens with one attached hydrogen (secondary N) is 1. The van der Waals surface area contributed by atoms with Crippen molar-refractivity contribution in [3.8, 4) is 0 Å². The number of hydrogen-bond donors (Lipinski definition) is 1. The lowest BCUT2D eigenvalue weighted by molar-refractivity contribution is -0.116. The molecule has 1 fully saturated rings. The Morgan fingerprint density at radius 2 is 2.04 bits per heavy atom. The summed E-state index contributed by atoms with van der Waals surface area (Å²) in [5.41, 5.74) is 4.90. The Balaban J connectivity index is 1.50. The third kappa shape index (κ3) is 4.55. The number of anilines is 2. The van der Waals surface area contributed by atoms with Crippen molar-refractivity contribution in [2.24, 2.45) is 5.92 Å². The van der Waals surface area contributed by atoms with Gasteiger partial charge in [-0.2, -0.15) is 0 Å². The van der Waals surface area contributed by atoms with Crippen LogP contribution in [0.2, 0.25) is 0 Å². The summed E-state index contributed by atoms with van der Waals surface area (Å²) < 4.78 is 0. The number of benzene rings is 1. The zero-order valence-corrected chi connectivity index (χ0v) is 14.3. The predicted octanol–water partition coefficient (Wildman–Crippen LogP) is 3.95. The Labute approximate surface area is 141 Å².